The molecule has 1 aliphatic rings. The van der Waals surface area contributed by atoms with Crippen molar-refractivity contribution in [2.24, 2.45) is 7.05 Å². The van der Waals surface area contributed by atoms with Gasteiger partial charge in [-0.15, -0.1) is 10.2 Å². The van der Waals surface area contributed by atoms with Crippen molar-refractivity contribution in [2.45, 2.75) is 24.4 Å². The summed E-state index contributed by atoms with van der Waals surface area (Å²) in [4.78, 5) is 0. The lowest BCUT2D eigenvalue weighted by atomic mass is 10.1. The van der Waals surface area contributed by atoms with Crippen molar-refractivity contribution >= 4 is 21.6 Å². The van der Waals surface area contributed by atoms with Crippen LogP contribution in [-0.4, -0.2) is 40.4 Å². The van der Waals surface area contributed by atoms with Gasteiger partial charge in [0.2, 0.25) is 0 Å². The molecule has 1 aromatic heterocycles. The minimum atomic E-state index is -2.88. The molecule has 2 rings (SSSR count). The molecular formula is C11H17N3O2S2. The molecule has 1 saturated heterocycles. The summed E-state index contributed by atoms with van der Waals surface area (Å²) >= 11 is 1.58. The molecule has 7 heteroatoms. The lowest BCUT2D eigenvalue weighted by molar-refractivity contribution is 0.599. The van der Waals surface area contributed by atoms with E-state index in [2.05, 4.69) is 16.8 Å². The van der Waals surface area contributed by atoms with Crippen molar-refractivity contribution < 1.29 is 8.42 Å². The van der Waals surface area contributed by atoms with E-state index in [1.54, 1.807) is 11.8 Å². The van der Waals surface area contributed by atoms with Gasteiger partial charge in [0.25, 0.3) is 0 Å². The van der Waals surface area contributed by atoms with Gasteiger partial charge >= 0.3 is 0 Å². The number of hydrogen-bond acceptors (Lipinski definition) is 5. The number of thioether (sulfide) groups is 1. The summed E-state index contributed by atoms with van der Waals surface area (Å²) in [7, 11) is -0.989. The number of aromatic nitrogens is 3. The molecule has 0 bridgehead atoms. The fourth-order valence-corrected chi connectivity index (χ4v) is 4.49. The van der Waals surface area contributed by atoms with E-state index >= 15 is 0 Å². The average Bonchev–Trinajstić information content (AvgIpc) is 2.79. The molecule has 0 saturated carbocycles. The highest BCUT2D eigenvalue weighted by Crippen LogP contribution is 2.29. The molecule has 0 radical (unpaired) electrons. The predicted octanol–water partition coefficient (Wildman–Crippen LogP) is 1.39. The summed E-state index contributed by atoms with van der Waals surface area (Å²) < 4.78 is 24.8. The van der Waals surface area contributed by atoms with Crippen LogP contribution in [0, 0.1) is 0 Å². The zero-order valence-corrected chi connectivity index (χ0v) is 12.2. The van der Waals surface area contributed by atoms with Gasteiger partial charge in [-0.2, -0.15) is 0 Å². The molecule has 2 heterocycles. The number of nitrogens with zero attached hydrogens (tertiary/aromatic N) is 3. The summed E-state index contributed by atoms with van der Waals surface area (Å²) in [6.07, 6.45) is 0.652. The van der Waals surface area contributed by atoms with Crippen LogP contribution in [0.4, 0.5) is 0 Å². The topological polar surface area (TPSA) is 64.8 Å². The lowest BCUT2D eigenvalue weighted by Crippen LogP contribution is -2.09. The van der Waals surface area contributed by atoms with Crippen LogP contribution in [0.2, 0.25) is 0 Å². The van der Waals surface area contributed by atoms with Gasteiger partial charge in [0, 0.05) is 18.7 Å². The first kappa shape index (κ1) is 13.6. The third-order valence-electron chi connectivity index (χ3n) is 2.91. The smallest absolute Gasteiger partial charge is 0.191 e. The molecule has 0 aliphatic carbocycles. The van der Waals surface area contributed by atoms with E-state index in [-0.39, 0.29) is 17.4 Å². The first-order valence-corrected chi connectivity index (χ1v) is 8.56. The maximum atomic E-state index is 11.5. The van der Waals surface area contributed by atoms with Crippen molar-refractivity contribution in [3.63, 3.8) is 0 Å². The van der Waals surface area contributed by atoms with Gasteiger partial charge < -0.3 is 4.57 Å². The van der Waals surface area contributed by atoms with Crippen LogP contribution >= 0.6 is 11.8 Å². The van der Waals surface area contributed by atoms with E-state index in [1.165, 1.54) is 0 Å². The molecule has 0 unspecified atom stereocenters. The Bertz CT molecular complexity index is 563. The lowest BCUT2D eigenvalue weighted by Gasteiger charge is -2.07. The molecule has 0 N–H and O–H groups in total. The standard InChI is InChI=1S/C11H17N3O2S2/c1-8(2)6-17-11-13-12-10(14(11)3)9-4-5-18(15,16)7-9/h9H,1,4-7H2,2-3H3/t9-/m0/s1. The summed E-state index contributed by atoms with van der Waals surface area (Å²) in [5.41, 5.74) is 1.08. The van der Waals surface area contributed by atoms with E-state index in [1.807, 2.05) is 18.5 Å². The van der Waals surface area contributed by atoms with Crippen molar-refractivity contribution in [3.05, 3.63) is 18.0 Å². The van der Waals surface area contributed by atoms with E-state index in [9.17, 15) is 8.42 Å². The molecule has 0 amide bonds. The Labute approximate surface area is 112 Å². The minimum absolute atomic E-state index is 0.00771. The number of sulfone groups is 1. The van der Waals surface area contributed by atoms with E-state index in [4.69, 9.17) is 0 Å². The van der Waals surface area contributed by atoms with Crippen molar-refractivity contribution in [1.82, 2.24) is 14.8 Å². The highest BCUT2D eigenvalue weighted by atomic mass is 32.2. The van der Waals surface area contributed by atoms with Crippen LogP contribution in [0.1, 0.15) is 25.1 Å². The molecule has 18 heavy (non-hydrogen) atoms. The third-order valence-corrected chi connectivity index (χ3v) is 5.93. The van der Waals surface area contributed by atoms with Gasteiger partial charge in [0.15, 0.2) is 15.0 Å². The zero-order valence-electron chi connectivity index (χ0n) is 10.6. The molecule has 1 aliphatic heterocycles. The second-order valence-electron chi connectivity index (χ2n) is 4.75. The SMILES string of the molecule is C=C(C)CSc1nnc([C@H]2CCS(=O)(=O)C2)n1C. The first-order chi connectivity index (χ1) is 8.39. The van der Waals surface area contributed by atoms with Crippen LogP contribution < -0.4 is 0 Å². The highest BCUT2D eigenvalue weighted by Gasteiger charge is 2.32. The fraction of sp³-hybridized carbons (Fsp3) is 0.636. The zero-order chi connectivity index (χ0) is 13.3. The van der Waals surface area contributed by atoms with E-state index in [0.29, 0.717) is 6.42 Å². The Morgan fingerprint density at radius 3 is 2.83 bits per heavy atom. The van der Waals surface area contributed by atoms with Gasteiger partial charge in [-0.1, -0.05) is 23.9 Å². The van der Waals surface area contributed by atoms with Gasteiger partial charge in [0.05, 0.1) is 11.5 Å². The van der Waals surface area contributed by atoms with Gasteiger partial charge in [-0.3, -0.25) is 0 Å². The Hall–Kier alpha value is -0.820. The van der Waals surface area contributed by atoms with Crippen molar-refractivity contribution in [3.8, 4) is 0 Å². The Balaban J connectivity index is 2.14. The van der Waals surface area contributed by atoms with Crippen LogP contribution in [0.5, 0.6) is 0 Å². The highest BCUT2D eigenvalue weighted by molar-refractivity contribution is 7.99. The van der Waals surface area contributed by atoms with Crippen molar-refractivity contribution in [2.75, 3.05) is 17.3 Å². The van der Waals surface area contributed by atoms with Gasteiger partial charge in [-0.25, -0.2) is 8.42 Å². The molecule has 0 aromatic carbocycles. The third kappa shape index (κ3) is 2.95. The van der Waals surface area contributed by atoms with Crippen LogP contribution in [0.3, 0.4) is 0 Å². The largest absolute Gasteiger partial charge is 0.309 e. The van der Waals surface area contributed by atoms with E-state index < -0.39 is 9.84 Å². The molecule has 0 spiro atoms. The second-order valence-corrected chi connectivity index (χ2v) is 7.92. The van der Waals surface area contributed by atoms with Crippen molar-refractivity contribution in [1.29, 1.82) is 0 Å². The first-order valence-electron chi connectivity index (χ1n) is 5.76. The van der Waals surface area contributed by atoms with Gasteiger partial charge in [-0.05, 0) is 13.3 Å². The molecule has 5 nitrogen and oxygen atoms in total. The van der Waals surface area contributed by atoms with Gasteiger partial charge in [0.1, 0.15) is 5.82 Å². The Morgan fingerprint density at radius 1 is 1.56 bits per heavy atom. The summed E-state index contributed by atoms with van der Waals surface area (Å²) in [5.74, 6) is 2.03. The Kier molecular flexibility index (Phi) is 3.82. The predicted molar refractivity (Wildman–Crippen MR) is 72.6 cm³/mol. The summed E-state index contributed by atoms with van der Waals surface area (Å²) in [6.45, 7) is 5.81. The molecule has 1 aromatic rings. The molecule has 1 fully saturated rings. The van der Waals surface area contributed by atoms with Crippen LogP contribution in [-0.2, 0) is 16.9 Å². The maximum absolute atomic E-state index is 11.5. The fourth-order valence-electron chi connectivity index (χ4n) is 1.99. The summed E-state index contributed by atoms with van der Waals surface area (Å²) in [6, 6.07) is 0. The quantitative estimate of drug-likeness (QED) is 0.618. The summed E-state index contributed by atoms with van der Waals surface area (Å²) in [5, 5.41) is 9.08. The number of hydrogen-bond donors (Lipinski definition) is 0. The normalized spacial score (nSPS) is 22.2. The molecule has 1 atom stereocenters. The second kappa shape index (κ2) is 5.05. The Morgan fingerprint density at radius 2 is 2.28 bits per heavy atom. The molecule has 100 valence electrons. The maximum Gasteiger partial charge on any atom is 0.191 e. The monoisotopic (exact) mass is 287 g/mol. The number of rotatable bonds is 4. The van der Waals surface area contributed by atoms with E-state index in [0.717, 1.165) is 22.3 Å². The molecular weight excluding hydrogens is 270 g/mol. The van der Waals surface area contributed by atoms with Crippen LogP contribution in [0.15, 0.2) is 17.3 Å². The van der Waals surface area contributed by atoms with Crippen LogP contribution in [0.25, 0.3) is 0 Å². The average molecular weight is 287 g/mol. The minimum Gasteiger partial charge on any atom is -0.309 e.